The maximum absolute atomic E-state index is 12.1. The highest BCUT2D eigenvalue weighted by Gasteiger charge is 2.27. The number of halogens is 1. The second-order valence-electron chi connectivity index (χ2n) is 5.39. The van der Waals surface area contributed by atoms with Crippen molar-refractivity contribution in [1.82, 2.24) is 5.32 Å². The second kappa shape index (κ2) is 9.03. The van der Waals surface area contributed by atoms with Gasteiger partial charge in [-0.1, -0.05) is 24.3 Å². The Morgan fingerprint density at radius 1 is 1.33 bits per heavy atom. The number of carbonyl (C=O) groups excluding carboxylic acids is 1. The Kier molecular flexibility index (Phi) is 7.72. The van der Waals surface area contributed by atoms with Crippen molar-refractivity contribution < 1.29 is 9.53 Å². The summed E-state index contributed by atoms with van der Waals surface area (Å²) in [4.78, 5) is 12.1. The van der Waals surface area contributed by atoms with Crippen molar-refractivity contribution in [3.8, 4) is 0 Å². The van der Waals surface area contributed by atoms with Crippen LogP contribution in [0.15, 0.2) is 24.3 Å². The molecule has 0 saturated heterocycles. The van der Waals surface area contributed by atoms with Crippen LogP contribution in [0.5, 0.6) is 0 Å². The summed E-state index contributed by atoms with van der Waals surface area (Å²) in [6.07, 6.45) is 2.68. The molecule has 1 saturated carbocycles. The van der Waals surface area contributed by atoms with Crippen LogP contribution in [0, 0.1) is 5.92 Å². The summed E-state index contributed by atoms with van der Waals surface area (Å²) >= 11 is 0. The molecule has 0 aliphatic heterocycles. The lowest BCUT2D eigenvalue weighted by Crippen LogP contribution is -2.30. The summed E-state index contributed by atoms with van der Waals surface area (Å²) in [6, 6.07) is 8.26. The van der Waals surface area contributed by atoms with Gasteiger partial charge in [0.2, 0.25) is 5.91 Å². The van der Waals surface area contributed by atoms with Gasteiger partial charge >= 0.3 is 0 Å². The second-order valence-corrected chi connectivity index (χ2v) is 5.39. The third-order valence-electron chi connectivity index (χ3n) is 3.88. The normalized spacial score (nSPS) is 20.9. The van der Waals surface area contributed by atoms with E-state index in [1.54, 1.807) is 0 Å². The molecule has 0 radical (unpaired) electrons. The molecule has 0 spiro atoms. The van der Waals surface area contributed by atoms with Crippen LogP contribution in [0.1, 0.15) is 37.3 Å². The first-order chi connectivity index (χ1) is 9.70. The molecule has 0 aromatic heterocycles. The molecule has 0 heterocycles. The average molecular weight is 313 g/mol. The van der Waals surface area contributed by atoms with Gasteiger partial charge in [-0.3, -0.25) is 4.79 Å². The SMILES string of the molecule is CCOCc1ccccc1CNC(=O)C1CCC(N)C1.Cl. The Morgan fingerprint density at radius 3 is 2.67 bits per heavy atom. The lowest BCUT2D eigenvalue weighted by Gasteiger charge is -2.13. The first kappa shape index (κ1) is 18.0. The molecule has 1 aliphatic carbocycles. The molecule has 0 bridgehead atoms. The average Bonchev–Trinajstić information content (AvgIpc) is 2.90. The van der Waals surface area contributed by atoms with E-state index >= 15 is 0 Å². The van der Waals surface area contributed by atoms with Crippen LogP contribution >= 0.6 is 12.4 Å². The van der Waals surface area contributed by atoms with Gasteiger partial charge in [0.25, 0.3) is 0 Å². The highest BCUT2D eigenvalue weighted by atomic mass is 35.5. The van der Waals surface area contributed by atoms with Crippen LogP contribution in [0.3, 0.4) is 0 Å². The summed E-state index contributed by atoms with van der Waals surface area (Å²) in [5, 5.41) is 3.03. The molecule has 1 amide bonds. The maximum atomic E-state index is 12.1. The standard InChI is InChI=1S/C16H24N2O2.ClH/c1-2-20-11-14-6-4-3-5-13(14)10-18-16(19)12-7-8-15(17)9-12;/h3-6,12,15H,2,7-11,17H2,1H3,(H,18,19);1H. The zero-order valence-electron chi connectivity index (χ0n) is 12.5. The third-order valence-corrected chi connectivity index (χ3v) is 3.88. The fourth-order valence-corrected chi connectivity index (χ4v) is 2.66. The van der Waals surface area contributed by atoms with Crippen LogP contribution in [-0.4, -0.2) is 18.6 Å². The number of ether oxygens (including phenoxy) is 1. The minimum absolute atomic E-state index is 0. The molecular weight excluding hydrogens is 288 g/mol. The Hall–Kier alpha value is -1.10. The molecule has 3 N–H and O–H groups in total. The lowest BCUT2D eigenvalue weighted by atomic mass is 10.1. The molecule has 21 heavy (non-hydrogen) atoms. The number of nitrogens with one attached hydrogen (secondary N) is 1. The Bertz CT molecular complexity index is 454. The zero-order chi connectivity index (χ0) is 14.4. The smallest absolute Gasteiger partial charge is 0.223 e. The van der Waals surface area contributed by atoms with E-state index in [1.807, 2.05) is 31.2 Å². The van der Waals surface area contributed by atoms with Gasteiger partial charge in [-0.15, -0.1) is 12.4 Å². The van der Waals surface area contributed by atoms with Crippen LogP contribution in [-0.2, 0) is 22.7 Å². The van der Waals surface area contributed by atoms with Crippen LogP contribution < -0.4 is 11.1 Å². The predicted octanol–water partition coefficient (Wildman–Crippen LogP) is 2.39. The molecule has 1 fully saturated rings. The Labute approximate surface area is 132 Å². The van der Waals surface area contributed by atoms with Crippen molar-refractivity contribution in [2.45, 2.75) is 45.4 Å². The summed E-state index contributed by atoms with van der Waals surface area (Å²) < 4.78 is 5.45. The third kappa shape index (κ3) is 5.30. The van der Waals surface area contributed by atoms with Crippen molar-refractivity contribution in [2.24, 2.45) is 11.7 Å². The van der Waals surface area contributed by atoms with Crippen molar-refractivity contribution in [3.63, 3.8) is 0 Å². The first-order valence-corrected chi connectivity index (χ1v) is 7.38. The monoisotopic (exact) mass is 312 g/mol. The summed E-state index contributed by atoms with van der Waals surface area (Å²) in [5.41, 5.74) is 8.11. The van der Waals surface area contributed by atoms with Gasteiger partial charge in [0.1, 0.15) is 0 Å². The number of carbonyl (C=O) groups is 1. The Morgan fingerprint density at radius 2 is 2.05 bits per heavy atom. The number of hydrogen-bond donors (Lipinski definition) is 2. The highest BCUT2D eigenvalue weighted by Crippen LogP contribution is 2.24. The zero-order valence-corrected chi connectivity index (χ0v) is 13.3. The molecule has 5 heteroatoms. The van der Waals surface area contributed by atoms with Crippen molar-refractivity contribution in [2.75, 3.05) is 6.61 Å². The van der Waals surface area contributed by atoms with Crippen LogP contribution in [0.2, 0.25) is 0 Å². The van der Waals surface area contributed by atoms with E-state index in [1.165, 1.54) is 0 Å². The highest BCUT2D eigenvalue weighted by molar-refractivity contribution is 5.85. The summed E-state index contributed by atoms with van der Waals surface area (Å²) in [6.45, 7) is 3.83. The van der Waals surface area contributed by atoms with Crippen molar-refractivity contribution >= 4 is 18.3 Å². The molecule has 4 nitrogen and oxygen atoms in total. The fraction of sp³-hybridized carbons (Fsp3) is 0.562. The first-order valence-electron chi connectivity index (χ1n) is 7.38. The fourth-order valence-electron chi connectivity index (χ4n) is 2.66. The quantitative estimate of drug-likeness (QED) is 0.847. The lowest BCUT2D eigenvalue weighted by molar-refractivity contribution is -0.125. The minimum Gasteiger partial charge on any atom is -0.377 e. The number of hydrogen-bond acceptors (Lipinski definition) is 3. The molecule has 1 aliphatic rings. The van der Waals surface area contributed by atoms with E-state index in [0.717, 1.165) is 30.4 Å². The molecule has 118 valence electrons. The van der Waals surface area contributed by atoms with Crippen molar-refractivity contribution in [1.29, 1.82) is 0 Å². The van der Waals surface area contributed by atoms with Crippen molar-refractivity contribution in [3.05, 3.63) is 35.4 Å². The van der Waals surface area contributed by atoms with E-state index in [9.17, 15) is 4.79 Å². The van der Waals surface area contributed by atoms with Gasteiger partial charge < -0.3 is 15.8 Å². The predicted molar refractivity (Wildman–Crippen MR) is 86.2 cm³/mol. The number of rotatable bonds is 6. The van der Waals surface area contributed by atoms with Gasteiger partial charge in [0, 0.05) is 25.1 Å². The van der Waals surface area contributed by atoms with Gasteiger partial charge in [0.15, 0.2) is 0 Å². The van der Waals surface area contributed by atoms with E-state index in [0.29, 0.717) is 19.8 Å². The number of nitrogens with two attached hydrogens (primary N) is 1. The largest absolute Gasteiger partial charge is 0.377 e. The van der Waals surface area contributed by atoms with E-state index in [-0.39, 0.29) is 30.3 Å². The molecular formula is C16H25ClN2O2. The topological polar surface area (TPSA) is 64.3 Å². The van der Waals surface area contributed by atoms with E-state index in [4.69, 9.17) is 10.5 Å². The molecule has 2 unspecified atom stereocenters. The molecule has 2 atom stereocenters. The number of amides is 1. The minimum atomic E-state index is 0. The van der Waals surface area contributed by atoms with Gasteiger partial charge in [-0.05, 0) is 37.3 Å². The van der Waals surface area contributed by atoms with Gasteiger partial charge in [-0.25, -0.2) is 0 Å². The summed E-state index contributed by atoms with van der Waals surface area (Å²) in [7, 11) is 0. The number of benzene rings is 1. The molecule has 2 rings (SSSR count). The molecule has 1 aromatic rings. The Balaban J connectivity index is 0.00000220. The van der Waals surface area contributed by atoms with E-state index < -0.39 is 0 Å². The van der Waals surface area contributed by atoms with E-state index in [2.05, 4.69) is 5.32 Å². The maximum Gasteiger partial charge on any atom is 0.223 e. The summed E-state index contributed by atoms with van der Waals surface area (Å²) in [5.74, 6) is 0.216. The molecule has 1 aromatic carbocycles. The van der Waals surface area contributed by atoms with Gasteiger partial charge in [-0.2, -0.15) is 0 Å². The van der Waals surface area contributed by atoms with Crippen LogP contribution in [0.25, 0.3) is 0 Å². The van der Waals surface area contributed by atoms with Crippen LogP contribution in [0.4, 0.5) is 0 Å². The van der Waals surface area contributed by atoms with Gasteiger partial charge in [0.05, 0.1) is 6.61 Å².